The van der Waals surface area contributed by atoms with Crippen molar-refractivity contribution in [3.8, 4) is 11.1 Å². The number of fused-ring (bicyclic) bond motifs is 1. The van der Waals surface area contributed by atoms with Crippen LogP contribution < -0.4 is 5.32 Å². The van der Waals surface area contributed by atoms with Gasteiger partial charge in [0.25, 0.3) is 0 Å². The number of anilines is 1. The van der Waals surface area contributed by atoms with E-state index in [0.29, 0.717) is 39.4 Å². The molecular weight excluding hydrogens is 517 g/mol. The van der Waals surface area contributed by atoms with Crippen molar-refractivity contribution < 1.29 is 26.4 Å². The van der Waals surface area contributed by atoms with Crippen LogP contribution in [0.4, 0.5) is 18.9 Å². The average Bonchev–Trinajstić information content (AvgIpc) is 3.20. The molecule has 0 fully saturated rings. The molecule has 2 heterocycles. The molecule has 1 N–H and O–H groups in total. The van der Waals surface area contributed by atoms with Crippen molar-refractivity contribution in [2.45, 2.75) is 51.2 Å². The van der Waals surface area contributed by atoms with Crippen molar-refractivity contribution in [1.82, 2.24) is 14.5 Å². The molecule has 0 saturated carbocycles. The minimum atomic E-state index is -4.55. The number of hydrogen-bond donors (Lipinski definition) is 1. The highest BCUT2D eigenvalue weighted by atomic mass is 32.2. The van der Waals surface area contributed by atoms with Gasteiger partial charge in [-0.1, -0.05) is 25.1 Å². The summed E-state index contributed by atoms with van der Waals surface area (Å²) in [5.74, 6) is 0.271. The quantitative estimate of drug-likeness (QED) is 0.306. The predicted octanol–water partition coefficient (Wildman–Crippen LogP) is 6.04. The summed E-state index contributed by atoms with van der Waals surface area (Å²) in [4.78, 5) is 20.6. The van der Waals surface area contributed by atoms with Crippen LogP contribution in [0.5, 0.6) is 0 Å². The van der Waals surface area contributed by atoms with Crippen LogP contribution >= 0.6 is 0 Å². The zero-order valence-corrected chi connectivity index (χ0v) is 22.1. The van der Waals surface area contributed by atoms with Crippen LogP contribution in [-0.4, -0.2) is 34.6 Å². The summed E-state index contributed by atoms with van der Waals surface area (Å²) in [6, 6.07) is 11.1. The van der Waals surface area contributed by atoms with Gasteiger partial charge in [0.15, 0.2) is 15.5 Å². The lowest BCUT2D eigenvalue weighted by molar-refractivity contribution is -0.137. The average molecular weight is 545 g/mol. The van der Waals surface area contributed by atoms with E-state index in [1.807, 2.05) is 18.4 Å². The molecule has 0 aliphatic carbocycles. The predicted molar refractivity (Wildman–Crippen MR) is 140 cm³/mol. The van der Waals surface area contributed by atoms with E-state index < -0.39 is 21.6 Å². The number of pyridine rings is 1. The molecule has 0 saturated heterocycles. The van der Waals surface area contributed by atoms with Crippen LogP contribution in [-0.2, 0) is 27.2 Å². The third kappa shape index (κ3) is 5.57. The molecule has 7 nitrogen and oxygen atoms in total. The number of rotatable bonds is 7. The van der Waals surface area contributed by atoms with Gasteiger partial charge in [-0.2, -0.15) is 13.2 Å². The number of nitrogens with zero attached hydrogens (tertiary/aromatic N) is 3. The van der Waals surface area contributed by atoms with Crippen LogP contribution in [0.25, 0.3) is 22.3 Å². The molecule has 0 aliphatic rings. The van der Waals surface area contributed by atoms with Gasteiger partial charge < -0.3 is 9.88 Å². The van der Waals surface area contributed by atoms with Crippen molar-refractivity contribution in [3.05, 3.63) is 71.7 Å². The summed E-state index contributed by atoms with van der Waals surface area (Å²) in [5.41, 5.74) is 2.21. The fraction of sp³-hybridized carbons (Fsp3) is 0.296. The van der Waals surface area contributed by atoms with Crippen LogP contribution in [0, 0.1) is 0 Å². The topological polar surface area (TPSA) is 94.0 Å². The molecule has 4 aromatic rings. The number of halogens is 3. The SMILES string of the molecule is CCS(=O)(=O)c1ccc(-c2cc(C(F)(F)F)ccc2Cc2nc3ncc(NC(C)=O)cc3n2C(C)C)cc1. The molecule has 0 spiro atoms. The Morgan fingerprint density at radius 2 is 1.76 bits per heavy atom. The van der Waals surface area contributed by atoms with E-state index in [2.05, 4.69) is 15.3 Å². The molecule has 0 aliphatic heterocycles. The highest BCUT2D eigenvalue weighted by Gasteiger charge is 2.31. The van der Waals surface area contributed by atoms with Crippen molar-refractivity contribution in [1.29, 1.82) is 0 Å². The molecule has 1 amide bonds. The Morgan fingerprint density at radius 1 is 1.08 bits per heavy atom. The third-order valence-corrected chi connectivity index (χ3v) is 7.90. The first-order chi connectivity index (χ1) is 17.8. The van der Waals surface area contributed by atoms with Crippen molar-refractivity contribution in [2.75, 3.05) is 11.1 Å². The summed E-state index contributed by atoms with van der Waals surface area (Å²) in [5, 5.41) is 2.70. The molecule has 0 radical (unpaired) electrons. The van der Waals surface area contributed by atoms with E-state index in [1.165, 1.54) is 50.4 Å². The Bertz CT molecular complexity index is 1610. The lowest BCUT2D eigenvalue weighted by Crippen LogP contribution is -2.10. The summed E-state index contributed by atoms with van der Waals surface area (Å²) in [7, 11) is -3.45. The molecule has 200 valence electrons. The number of imidazole rings is 1. The second kappa shape index (κ2) is 10.2. The molecule has 4 rings (SSSR count). The van der Waals surface area contributed by atoms with Crippen LogP contribution in [0.1, 0.15) is 50.7 Å². The van der Waals surface area contributed by atoms with Gasteiger partial charge in [0, 0.05) is 19.4 Å². The second-order valence-corrected chi connectivity index (χ2v) is 11.5. The van der Waals surface area contributed by atoms with Gasteiger partial charge in [-0.25, -0.2) is 18.4 Å². The Hall–Kier alpha value is -3.73. The number of benzene rings is 2. The Morgan fingerprint density at radius 3 is 2.34 bits per heavy atom. The number of sulfone groups is 1. The number of carbonyl (C=O) groups excluding carboxylic acids is 1. The second-order valence-electron chi connectivity index (χ2n) is 9.21. The summed E-state index contributed by atoms with van der Waals surface area (Å²) < 4.78 is 67.2. The van der Waals surface area contributed by atoms with Crippen LogP contribution in [0.2, 0.25) is 0 Å². The Balaban J connectivity index is 1.84. The summed E-state index contributed by atoms with van der Waals surface area (Å²) >= 11 is 0. The van der Waals surface area contributed by atoms with Gasteiger partial charge in [0.05, 0.1) is 33.6 Å². The molecule has 38 heavy (non-hydrogen) atoms. The van der Waals surface area contributed by atoms with Gasteiger partial charge in [-0.05, 0) is 60.9 Å². The lowest BCUT2D eigenvalue weighted by atomic mass is 9.95. The first kappa shape index (κ1) is 27.3. The molecule has 2 aromatic carbocycles. The van der Waals surface area contributed by atoms with Crippen molar-refractivity contribution in [2.24, 2.45) is 0 Å². The van der Waals surface area contributed by atoms with Gasteiger partial charge in [0.2, 0.25) is 5.91 Å². The molecule has 11 heteroatoms. The monoisotopic (exact) mass is 544 g/mol. The minimum Gasteiger partial charge on any atom is -0.325 e. The summed E-state index contributed by atoms with van der Waals surface area (Å²) in [6.07, 6.45) is -2.85. The van der Waals surface area contributed by atoms with E-state index in [9.17, 15) is 26.4 Å². The van der Waals surface area contributed by atoms with E-state index in [-0.39, 0.29) is 29.0 Å². The summed E-state index contributed by atoms with van der Waals surface area (Å²) in [6.45, 7) is 6.83. The fourth-order valence-electron chi connectivity index (χ4n) is 4.35. The van der Waals surface area contributed by atoms with Gasteiger partial charge in [-0.15, -0.1) is 0 Å². The first-order valence-electron chi connectivity index (χ1n) is 12.0. The maximum atomic E-state index is 13.6. The highest BCUT2D eigenvalue weighted by molar-refractivity contribution is 7.91. The molecule has 0 bridgehead atoms. The van der Waals surface area contributed by atoms with E-state index >= 15 is 0 Å². The maximum Gasteiger partial charge on any atom is 0.416 e. The first-order valence-corrected chi connectivity index (χ1v) is 13.6. The van der Waals surface area contributed by atoms with Gasteiger partial charge >= 0.3 is 6.18 Å². The van der Waals surface area contributed by atoms with Crippen LogP contribution in [0.3, 0.4) is 0 Å². The maximum absolute atomic E-state index is 13.6. The molecule has 0 unspecified atom stereocenters. The number of carbonyl (C=O) groups is 1. The van der Waals surface area contributed by atoms with Crippen molar-refractivity contribution >= 4 is 32.6 Å². The number of nitrogens with one attached hydrogen (secondary N) is 1. The normalized spacial score (nSPS) is 12.3. The minimum absolute atomic E-state index is 0.0548. The largest absolute Gasteiger partial charge is 0.416 e. The van der Waals surface area contributed by atoms with Gasteiger partial charge in [0.1, 0.15) is 5.82 Å². The Kier molecular flexibility index (Phi) is 7.33. The van der Waals surface area contributed by atoms with Crippen molar-refractivity contribution in [3.63, 3.8) is 0 Å². The van der Waals surface area contributed by atoms with Gasteiger partial charge in [-0.3, -0.25) is 4.79 Å². The number of hydrogen-bond acceptors (Lipinski definition) is 5. The van der Waals surface area contributed by atoms with E-state index in [1.54, 1.807) is 6.07 Å². The van der Waals surface area contributed by atoms with E-state index in [0.717, 1.165) is 12.1 Å². The molecule has 0 atom stereocenters. The zero-order chi connectivity index (χ0) is 27.8. The van der Waals surface area contributed by atoms with Crippen LogP contribution in [0.15, 0.2) is 59.6 Å². The zero-order valence-electron chi connectivity index (χ0n) is 21.3. The fourth-order valence-corrected chi connectivity index (χ4v) is 5.24. The van der Waals surface area contributed by atoms with E-state index in [4.69, 9.17) is 0 Å². The molecular formula is C27H27F3N4O3S. The highest BCUT2D eigenvalue weighted by Crippen LogP contribution is 2.36. The number of alkyl halides is 3. The number of amides is 1. The third-order valence-electron chi connectivity index (χ3n) is 6.15. The lowest BCUT2D eigenvalue weighted by Gasteiger charge is -2.17. The number of aromatic nitrogens is 3. The standard InChI is InChI=1S/C27H27F3N4O3S/c1-5-38(36,37)22-10-7-18(8-11-22)23-13-20(27(28,29)30)9-6-19(23)12-25-33-26-24(34(25)16(2)3)14-21(15-31-26)32-17(4)35/h6-11,13-16H,5,12H2,1-4H3,(H,32,35). The molecule has 2 aromatic heterocycles. The smallest absolute Gasteiger partial charge is 0.325 e. The Labute approximate surface area is 218 Å².